The summed E-state index contributed by atoms with van der Waals surface area (Å²) in [5.74, 6) is 1.40. The maximum absolute atomic E-state index is 6.72. The Morgan fingerprint density at radius 2 is 1.79 bits per heavy atom. The van der Waals surface area contributed by atoms with Crippen LogP contribution in [0.1, 0.15) is 58.6 Å². The van der Waals surface area contributed by atoms with E-state index in [0.717, 1.165) is 12.5 Å². The number of hydrogen-bond donors (Lipinski definition) is 0. The second-order valence-corrected chi connectivity index (χ2v) is 8.67. The number of rotatable bonds is 1. The number of morpholine rings is 1. The molecular formula is C21H31NO2. The van der Waals surface area contributed by atoms with Gasteiger partial charge in [0, 0.05) is 18.0 Å². The molecule has 0 N–H and O–H groups in total. The Hall–Kier alpha value is -0.900. The zero-order chi connectivity index (χ0) is 16.9. The van der Waals surface area contributed by atoms with Crippen molar-refractivity contribution in [3.05, 3.63) is 35.9 Å². The Labute approximate surface area is 146 Å². The standard InChI is InChI=1S/C21H31NO2/c1-14-10-11-17-18(12-14)24-20-19(16-8-6-5-7-9-16)23-15(2)13-22(20)21(17,3)4/h5-9,14-15,17-20H,10-13H2,1-4H3/t14-,15+,17-,18-,19+,20+/m1/s1. The van der Waals surface area contributed by atoms with E-state index in [0.29, 0.717) is 12.0 Å². The molecule has 0 aromatic heterocycles. The molecule has 132 valence electrons. The molecule has 1 aliphatic carbocycles. The molecule has 1 aromatic rings. The van der Waals surface area contributed by atoms with Gasteiger partial charge in [-0.1, -0.05) is 43.7 Å². The molecule has 0 radical (unpaired) electrons. The summed E-state index contributed by atoms with van der Waals surface area (Å²) < 4.78 is 13.1. The predicted molar refractivity (Wildman–Crippen MR) is 95.7 cm³/mol. The molecule has 0 bridgehead atoms. The Morgan fingerprint density at radius 3 is 2.54 bits per heavy atom. The van der Waals surface area contributed by atoms with Crippen LogP contribution in [0.4, 0.5) is 0 Å². The minimum Gasteiger partial charge on any atom is -0.365 e. The third-order valence-electron chi connectivity index (χ3n) is 6.54. The van der Waals surface area contributed by atoms with Crippen LogP contribution < -0.4 is 0 Å². The summed E-state index contributed by atoms with van der Waals surface area (Å²) in [4.78, 5) is 2.59. The highest BCUT2D eigenvalue weighted by Gasteiger charge is 2.54. The van der Waals surface area contributed by atoms with Gasteiger partial charge >= 0.3 is 0 Å². The Morgan fingerprint density at radius 1 is 1.04 bits per heavy atom. The molecule has 6 atom stereocenters. The molecular weight excluding hydrogens is 298 g/mol. The maximum atomic E-state index is 6.72. The SMILES string of the molecule is C[C@@H]1CC[C@@H]2[C@@H](C1)O[C@H]1[C@H](c3ccccc3)O[C@@H](C)CN1C2(C)C. The largest absolute Gasteiger partial charge is 0.365 e. The van der Waals surface area contributed by atoms with Crippen LogP contribution in [0.5, 0.6) is 0 Å². The van der Waals surface area contributed by atoms with Crippen molar-refractivity contribution in [3.8, 4) is 0 Å². The van der Waals surface area contributed by atoms with Crippen molar-refractivity contribution in [3.63, 3.8) is 0 Å². The number of fused-ring (bicyclic) bond motifs is 2. The normalized spacial score (nSPS) is 42.2. The lowest BCUT2D eigenvalue weighted by Crippen LogP contribution is -2.69. The highest BCUT2D eigenvalue weighted by Crippen LogP contribution is 2.49. The van der Waals surface area contributed by atoms with Crippen LogP contribution in [0.25, 0.3) is 0 Å². The van der Waals surface area contributed by atoms with E-state index in [9.17, 15) is 0 Å². The van der Waals surface area contributed by atoms with E-state index < -0.39 is 0 Å². The lowest BCUT2D eigenvalue weighted by atomic mass is 9.69. The average Bonchev–Trinajstić information content (AvgIpc) is 2.56. The van der Waals surface area contributed by atoms with Crippen molar-refractivity contribution >= 4 is 0 Å². The average molecular weight is 329 g/mol. The quantitative estimate of drug-likeness (QED) is 0.763. The molecule has 24 heavy (non-hydrogen) atoms. The molecule has 2 heterocycles. The van der Waals surface area contributed by atoms with Crippen molar-refractivity contribution in [2.24, 2.45) is 11.8 Å². The molecule has 0 unspecified atom stereocenters. The zero-order valence-corrected chi connectivity index (χ0v) is 15.4. The number of benzene rings is 1. The minimum atomic E-state index is 0.00686. The maximum Gasteiger partial charge on any atom is 0.142 e. The van der Waals surface area contributed by atoms with Crippen LogP contribution in [0.15, 0.2) is 30.3 Å². The van der Waals surface area contributed by atoms with E-state index in [2.05, 4.69) is 62.9 Å². The van der Waals surface area contributed by atoms with Gasteiger partial charge in [0.25, 0.3) is 0 Å². The van der Waals surface area contributed by atoms with Gasteiger partial charge in [0.1, 0.15) is 12.3 Å². The van der Waals surface area contributed by atoms with Crippen LogP contribution in [0, 0.1) is 11.8 Å². The first-order valence-corrected chi connectivity index (χ1v) is 9.59. The zero-order valence-electron chi connectivity index (χ0n) is 15.4. The third kappa shape index (κ3) is 2.71. The highest BCUT2D eigenvalue weighted by atomic mass is 16.6. The topological polar surface area (TPSA) is 21.7 Å². The smallest absolute Gasteiger partial charge is 0.142 e. The van der Waals surface area contributed by atoms with E-state index in [4.69, 9.17) is 9.47 Å². The first-order chi connectivity index (χ1) is 11.5. The fourth-order valence-corrected chi connectivity index (χ4v) is 5.18. The Kier molecular flexibility index (Phi) is 4.22. The number of hydrogen-bond acceptors (Lipinski definition) is 3. The lowest BCUT2D eigenvalue weighted by Gasteiger charge is -2.60. The molecule has 2 saturated heterocycles. The molecule has 4 rings (SSSR count). The predicted octanol–water partition coefficient (Wildman–Crippen LogP) is 4.39. The summed E-state index contributed by atoms with van der Waals surface area (Å²) in [5, 5.41) is 0. The van der Waals surface area contributed by atoms with E-state index in [-0.39, 0.29) is 24.0 Å². The highest BCUT2D eigenvalue weighted by molar-refractivity contribution is 5.20. The molecule has 1 saturated carbocycles. The van der Waals surface area contributed by atoms with Gasteiger partial charge in [0.05, 0.1) is 12.2 Å². The third-order valence-corrected chi connectivity index (χ3v) is 6.54. The van der Waals surface area contributed by atoms with Crippen molar-refractivity contribution in [2.45, 2.75) is 77.0 Å². The molecule has 0 spiro atoms. The van der Waals surface area contributed by atoms with Gasteiger partial charge in [-0.15, -0.1) is 0 Å². The van der Waals surface area contributed by atoms with Gasteiger partial charge in [0.15, 0.2) is 0 Å². The van der Waals surface area contributed by atoms with Crippen LogP contribution in [0.3, 0.4) is 0 Å². The lowest BCUT2D eigenvalue weighted by molar-refractivity contribution is -0.303. The molecule has 3 aliphatic rings. The summed E-state index contributed by atoms with van der Waals surface area (Å²) in [5.41, 5.74) is 1.40. The van der Waals surface area contributed by atoms with Crippen LogP contribution in [-0.2, 0) is 9.47 Å². The fourth-order valence-electron chi connectivity index (χ4n) is 5.18. The van der Waals surface area contributed by atoms with Crippen LogP contribution >= 0.6 is 0 Å². The Bertz CT molecular complexity index is 572. The van der Waals surface area contributed by atoms with E-state index >= 15 is 0 Å². The van der Waals surface area contributed by atoms with Crippen LogP contribution in [-0.4, -0.2) is 35.4 Å². The van der Waals surface area contributed by atoms with Crippen molar-refractivity contribution in [1.29, 1.82) is 0 Å². The van der Waals surface area contributed by atoms with E-state index in [1.54, 1.807) is 0 Å². The van der Waals surface area contributed by atoms with Gasteiger partial charge in [-0.25, -0.2) is 0 Å². The molecule has 2 aliphatic heterocycles. The summed E-state index contributed by atoms with van der Waals surface area (Å²) in [6, 6.07) is 10.6. The molecule has 3 fully saturated rings. The second-order valence-electron chi connectivity index (χ2n) is 8.67. The van der Waals surface area contributed by atoms with E-state index in [1.165, 1.54) is 24.8 Å². The first-order valence-electron chi connectivity index (χ1n) is 9.59. The molecule has 0 amide bonds. The summed E-state index contributed by atoms with van der Waals surface area (Å²) in [7, 11) is 0. The van der Waals surface area contributed by atoms with Gasteiger partial charge in [0.2, 0.25) is 0 Å². The van der Waals surface area contributed by atoms with Crippen molar-refractivity contribution in [1.82, 2.24) is 4.90 Å². The van der Waals surface area contributed by atoms with Gasteiger partial charge in [-0.05, 0) is 45.1 Å². The molecule has 3 heteroatoms. The second kappa shape index (κ2) is 6.12. The summed E-state index contributed by atoms with van der Waals surface area (Å²) in [6.45, 7) is 10.4. The van der Waals surface area contributed by atoms with Crippen molar-refractivity contribution in [2.75, 3.05) is 6.54 Å². The van der Waals surface area contributed by atoms with Crippen LogP contribution in [0.2, 0.25) is 0 Å². The fraction of sp³-hybridized carbons (Fsp3) is 0.714. The summed E-state index contributed by atoms with van der Waals surface area (Å²) in [6.07, 6.45) is 4.45. The minimum absolute atomic E-state index is 0.00686. The molecule has 1 aromatic carbocycles. The van der Waals surface area contributed by atoms with Gasteiger partial charge in [-0.2, -0.15) is 0 Å². The number of nitrogens with zero attached hydrogens (tertiary/aromatic N) is 1. The molecule has 3 nitrogen and oxygen atoms in total. The Balaban J connectivity index is 1.68. The van der Waals surface area contributed by atoms with Gasteiger partial charge in [-0.3, -0.25) is 4.90 Å². The van der Waals surface area contributed by atoms with Gasteiger partial charge < -0.3 is 9.47 Å². The summed E-state index contributed by atoms with van der Waals surface area (Å²) >= 11 is 0. The number of ether oxygens (including phenoxy) is 2. The monoisotopic (exact) mass is 329 g/mol. The van der Waals surface area contributed by atoms with E-state index in [1.807, 2.05) is 0 Å². The first kappa shape index (κ1) is 16.6. The van der Waals surface area contributed by atoms with Crippen molar-refractivity contribution < 1.29 is 9.47 Å².